The summed E-state index contributed by atoms with van der Waals surface area (Å²) in [5, 5.41) is 26.0. The fraction of sp³-hybridized carbons (Fsp3) is 0.260. The van der Waals surface area contributed by atoms with E-state index in [0.717, 1.165) is 57.2 Å². The minimum absolute atomic E-state index is 0.0862. The zero-order valence-corrected chi connectivity index (χ0v) is 39.6. The number of nitrogens with one attached hydrogen (secondary N) is 2. The molecule has 18 heteroatoms. The van der Waals surface area contributed by atoms with Gasteiger partial charge in [-0.05, 0) is 114 Å². The molecule has 0 spiro atoms. The van der Waals surface area contributed by atoms with Crippen molar-refractivity contribution in [1.29, 1.82) is 5.26 Å². The molecule has 1 aliphatic carbocycles. The number of halogens is 2. The molecular weight excluding hydrogens is 950 g/mol. The van der Waals surface area contributed by atoms with Crippen LogP contribution in [0.2, 0.25) is 10.0 Å². The van der Waals surface area contributed by atoms with Crippen molar-refractivity contribution >= 4 is 67.5 Å². The van der Waals surface area contributed by atoms with E-state index in [2.05, 4.69) is 21.7 Å². The molecule has 3 atom stereocenters. The molecule has 3 N–H and O–H groups in total. The molecular formula is C50H43Cl2N5O9S2. The van der Waals surface area contributed by atoms with E-state index in [9.17, 15) is 27.9 Å². The highest BCUT2D eigenvalue weighted by atomic mass is 35.5. The van der Waals surface area contributed by atoms with Crippen molar-refractivity contribution in [2.75, 3.05) is 11.9 Å². The number of aromatic nitrogens is 1. The number of fused-ring (bicyclic) bond motifs is 2. The van der Waals surface area contributed by atoms with Gasteiger partial charge in [-0.3, -0.25) is 9.59 Å². The number of carboxylic acids is 1. The van der Waals surface area contributed by atoms with Gasteiger partial charge in [-0.1, -0.05) is 95.6 Å². The Kier molecular flexibility index (Phi) is 13.5. The Balaban J connectivity index is 0.954. The summed E-state index contributed by atoms with van der Waals surface area (Å²) < 4.78 is 49.2. The molecule has 1 fully saturated rings. The van der Waals surface area contributed by atoms with Crippen LogP contribution in [0.3, 0.4) is 0 Å². The molecule has 9 rings (SSSR count). The first-order valence-electron chi connectivity index (χ1n) is 21.8. The van der Waals surface area contributed by atoms with Crippen LogP contribution in [-0.4, -0.2) is 59.3 Å². The van der Waals surface area contributed by atoms with Crippen LogP contribution in [0.15, 0.2) is 107 Å². The second kappa shape index (κ2) is 19.6. The number of carbonyl (C=O) groups is 3. The summed E-state index contributed by atoms with van der Waals surface area (Å²) in [7, 11) is -4.50. The largest absolute Gasteiger partial charge is 0.489 e. The molecule has 2 aliphatic heterocycles. The number of benzene rings is 5. The maximum absolute atomic E-state index is 14.8. The highest BCUT2D eigenvalue weighted by Crippen LogP contribution is 2.43. The van der Waals surface area contributed by atoms with Crippen molar-refractivity contribution in [3.8, 4) is 34.4 Å². The summed E-state index contributed by atoms with van der Waals surface area (Å²) in [5.41, 5.74) is 5.87. The average molecular weight is 993 g/mol. The Morgan fingerprint density at radius 3 is 2.26 bits per heavy atom. The lowest BCUT2D eigenvalue weighted by molar-refractivity contribution is -0.142. The highest BCUT2D eigenvalue weighted by Gasteiger charge is 2.43. The van der Waals surface area contributed by atoms with E-state index >= 15 is 0 Å². The number of carboxylic acid groups (broad SMARTS) is 1. The van der Waals surface area contributed by atoms with E-state index < -0.39 is 40.1 Å². The van der Waals surface area contributed by atoms with Gasteiger partial charge < -0.3 is 30.0 Å². The maximum Gasteiger partial charge on any atom is 0.326 e. The summed E-state index contributed by atoms with van der Waals surface area (Å²) in [6.45, 7) is 1.71. The lowest BCUT2D eigenvalue weighted by atomic mass is 9.85. The number of amides is 2. The van der Waals surface area contributed by atoms with E-state index in [4.69, 9.17) is 42.7 Å². The highest BCUT2D eigenvalue weighted by molar-refractivity contribution is 7.91. The van der Waals surface area contributed by atoms with Gasteiger partial charge in [0.15, 0.2) is 26.9 Å². The summed E-state index contributed by atoms with van der Waals surface area (Å²) in [4.78, 5) is 44.4. The Morgan fingerprint density at radius 2 is 1.60 bits per heavy atom. The first kappa shape index (κ1) is 46.6. The Bertz CT molecular complexity index is 3070. The van der Waals surface area contributed by atoms with Crippen molar-refractivity contribution in [2.24, 2.45) is 5.92 Å². The lowest BCUT2D eigenvalue weighted by Gasteiger charge is -2.36. The van der Waals surface area contributed by atoms with Crippen LogP contribution in [0, 0.1) is 24.2 Å². The average Bonchev–Trinajstić information content (AvgIpc) is 3.70. The monoisotopic (exact) mass is 991 g/mol. The molecule has 3 unspecified atom stereocenters. The molecule has 68 heavy (non-hydrogen) atoms. The van der Waals surface area contributed by atoms with Gasteiger partial charge in [-0.25, -0.2) is 18.2 Å². The quantitative estimate of drug-likeness (QED) is 0.0942. The number of hydrogen-bond acceptors (Lipinski definition) is 11. The number of nitriles is 1. The van der Waals surface area contributed by atoms with Crippen LogP contribution in [0.25, 0.3) is 11.1 Å². The lowest BCUT2D eigenvalue weighted by Crippen LogP contribution is -2.55. The molecule has 0 bridgehead atoms. The van der Waals surface area contributed by atoms with E-state index in [1.54, 1.807) is 48.5 Å². The van der Waals surface area contributed by atoms with Gasteiger partial charge in [-0.15, -0.1) is 0 Å². The summed E-state index contributed by atoms with van der Waals surface area (Å²) in [6.07, 6.45) is 1.72. The topological polar surface area (TPSA) is 197 Å². The molecule has 348 valence electrons. The van der Waals surface area contributed by atoms with Gasteiger partial charge in [0.05, 0.1) is 27.4 Å². The van der Waals surface area contributed by atoms with E-state index in [-0.39, 0.29) is 59.5 Å². The van der Waals surface area contributed by atoms with Crippen molar-refractivity contribution in [1.82, 2.24) is 14.6 Å². The number of hydrogen-bond donors (Lipinski definition) is 3. The van der Waals surface area contributed by atoms with Gasteiger partial charge in [-0.2, -0.15) is 9.57 Å². The van der Waals surface area contributed by atoms with Crippen molar-refractivity contribution < 1.29 is 42.1 Å². The molecule has 1 aromatic heterocycles. The number of rotatable bonds is 14. The number of anilines is 1. The maximum atomic E-state index is 14.8. The smallest absolute Gasteiger partial charge is 0.326 e. The summed E-state index contributed by atoms with van der Waals surface area (Å²) >= 11 is 13.0. The SMILES string of the molecule is Cc1nc(NC(=O)C2CCC2)sc1S(=O)(=O)N1Cc2cc3c(cc2CC1C(=O)NC(Cc1ccc(-c2ccc(C#N)cc2)cc1)C(=O)O)OCC(c1ccc(OCc2ccc(Cl)c(Cl)c2)cc1)O3. The van der Waals surface area contributed by atoms with Crippen molar-refractivity contribution in [3.05, 3.63) is 152 Å². The molecule has 5 aromatic carbocycles. The number of carbonyl (C=O) groups excluding carboxylic acids is 2. The number of nitrogens with zero attached hydrogens (tertiary/aromatic N) is 3. The van der Waals surface area contributed by atoms with E-state index in [1.807, 2.05) is 54.6 Å². The van der Waals surface area contributed by atoms with Gasteiger partial charge in [0.25, 0.3) is 10.0 Å². The van der Waals surface area contributed by atoms with Crippen molar-refractivity contribution in [3.63, 3.8) is 0 Å². The number of aliphatic carboxylic acids is 1. The van der Waals surface area contributed by atoms with Gasteiger partial charge in [0.1, 0.15) is 31.0 Å². The predicted molar refractivity (Wildman–Crippen MR) is 255 cm³/mol. The third-order valence-corrected chi connectivity index (χ3v) is 16.6. The minimum atomic E-state index is -4.50. The molecule has 14 nitrogen and oxygen atoms in total. The second-order valence-electron chi connectivity index (χ2n) is 16.9. The summed E-state index contributed by atoms with van der Waals surface area (Å²) in [6, 6.07) is 29.7. The molecule has 0 saturated heterocycles. The zero-order valence-electron chi connectivity index (χ0n) is 36.4. The molecule has 6 aromatic rings. The van der Waals surface area contributed by atoms with Crippen LogP contribution in [0.1, 0.15) is 64.4 Å². The molecule has 1 saturated carbocycles. The predicted octanol–water partition coefficient (Wildman–Crippen LogP) is 9.05. The number of sulfonamides is 1. The number of aryl methyl sites for hydroxylation is 1. The van der Waals surface area contributed by atoms with Gasteiger partial charge in [0, 0.05) is 18.9 Å². The number of thiazole rings is 1. The molecule has 3 aliphatic rings. The fourth-order valence-corrected chi connectivity index (χ4v) is 11.7. The minimum Gasteiger partial charge on any atom is -0.489 e. The molecule has 3 heterocycles. The normalized spacial score (nSPS) is 17.2. The number of ether oxygens (including phenoxy) is 3. The standard InChI is InChI=1S/C50H43Cl2N5O9S2/c1-28-49(67-50(54-28)56-46(58)35-3-2-4-35)68(62,63)57-25-37-23-44-43(65-27-45(66-44)34-14-16-38(17-15-34)64-26-31-9-18-39(51)40(52)19-31)22-36(37)21-42(57)47(59)55-41(48(60)61)20-29-5-10-32(11-6-29)33-12-7-30(24-53)8-13-33/h5-19,22-23,35,41-42,45H,2-4,20-21,25-27H2,1H3,(H,55,59)(H,60,61)(H,54,56,58). The van der Waals surface area contributed by atoms with E-state index in [0.29, 0.717) is 49.5 Å². The van der Waals surface area contributed by atoms with Gasteiger partial charge >= 0.3 is 5.97 Å². The molecule has 2 amide bonds. The van der Waals surface area contributed by atoms with Crippen LogP contribution >= 0.6 is 34.5 Å². The van der Waals surface area contributed by atoms with Gasteiger partial charge in [0.2, 0.25) is 11.8 Å². The Hall–Kier alpha value is -6.48. The zero-order chi connectivity index (χ0) is 47.7. The third-order valence-electron chi connectivity index (χ3n) is 12.3. The first-order chi connectivity index (χ1) is 32.7. The van der Waals surface area contributed by atoms with Crippen LogP contribution in [0.4, 0.5) is 5.13 Å². The first-order valence-corrected chi connectivity index (χ1v) is 24.8. The Morgan fingerprint density at radius 1 is 0.912 bits per heavy atom. The fourth-order valence-electron chi connectivity index (χ4n) is 8.28. The summed E-state index contributed by atoms with van der Waals surface area (Å²) in [5.74, 6) is -1.08. The van der Waals surface area contributed by atoms with Crippen LogP contribution in [-0.2, 0) is 50.4 Å². The van der Waals surface area contributed by atoms with Crippen LogP contribution < -0.4 is 24.8 Å². The third kappa shape index (κ3) is 10.0. The van der Waals surface area contributed by atoms with E-state index in [1.165, 1.54) is 6.92 Å². The Labute approximate surface area is 406 Å². The van der Waals surface area contributed by atoms with Crippen molar-refractivity contribution in [2.45, 2.75) is 74.6 Å². The second-order valence-corrected chi connectivity index (χ2v) is 20.8. The molecule has 0 radical (unpaired) electrons. The van der Waals surface area contributed by atoms with Crippen LogP contribution in [0.5, 0.6) is 17.2 Å².